The third-order valence-corrected chi connectivity index (χ3v) is 4.65. The molecule has 1 nitrogen and oxygen atoms in total. The molecule has 1 aromatic rings. The molecule has 0 aromatic heterocycles. The Morgan fingerprint density at radius 3 is 2.94 bits per heavy atom. The van der Waals surface area contributed by atoms with E-state index >= 15 is 0 Å². The summed E-state index contributed by atoms with van der Waals surface area (Å²) in [5.74, 6) is 0.831. The van der Waals surface area contributed by atoms with E-state index in [9.17, 15) is 4.39 Å². The lowest BCUT2D eigenvalue weighted by molar-refractivity contribution is 0.230. The number of hydrogen-bond acceptors (Lipinski definition) is 1. The summed E-state index contributed by atoms with van der Waals surface area (Å²) in [6.45, 7) is 2.23. The summed E-state index contributed by atoms with van der Waals surface area (Å²) in [7, 11) is 0. The van der Waals surface area contributed by atoms with Crippen LogP contribution in [0.15, 0.2) is 18.2 Å². The molecular formula is C15H21ClFN. The summed E-state index contributed by atoms with van der Waals surface area (Å²) in [5, 5.41) is 0.198. The second-order valence-corrected chi connectivity index (χ2v) is 5.75. The van der Waals surface area contributed by atoms with Crippen molar-refractivity contribution in [2.75, 3.05) is 0 Å². The Kier molecular flexibility index (Phi) is 4.63. The molecule has 1 aromatic carbocycles. The normalized spacial score (nSPS) is 26.0. The van der Waals surface area contributed by atoms with Crippen LogP contribution in [-0.2, 0) is 0 Å². The van der Waals surface area contributed by atoms with Crippen molar-refractivity contribution >= 4 is 11.6 Å². The fourth-order valence-corrected chi connectivity index (χ4v) is 3.31. The van der Waals surface area contributed by atoms with Crippen LogP contribution in [0.3, 0.4) is 0 Å². The molecule has 0 radical (unpaired) electrons. The Hall–Kier alpha value is -0.600. The topological polar surface area (TPSA) is 26.0 Å². The van der Waals surface area contributed by atoms with Gasteiger partial charge in [0.1, 0.15) is 5.82 Å². The van der Waals surface area contributed by atoms with Gasteiger partial charge < -0.3 is 5.73 Å². The van der Waals surface area contributed by atoms with Gasteiger partial charge in [-0.15, -0.1) is 0 Å². The van der Waals surface area contributed by atoms with E-state index in [4.69, 9.17) is 17.3 Å². The molecule has 0 spiro atoms. The summed E-state index contributed by atoms with van der Waals surface area (Å²) >= 11 is 6.02. The molecule has 0 saturated heterocycles. The quantitative estimate of drug-likeness (QED) is 0.846. The SMILES string of the molecule is CCC1CCCC(C(N)c2cccc(F)c2Cl)C1. The Balaban J connectivity index is 2.15. The van der Waals surface area contributed by atoms with Crippen LogP contribution in [0, 0.1) is 17.7 Å². The van der Waals surface area contributed by atoms with E-state index in [1.54, 1.807) is 6.07 Å². The van der Waals surface area contributed by atoms with Crippen LogP contribution in [0.1, 0.15) is 50.6 Å². The summed E-state index contributed by atoms with van der Waals surface area (Å²) in [4.78, 5) is 0. The highest BCUT2D eigenvalue weighted by molar-refractivity contribution is 6.31. The number of rotatable bonds is 3. The van der Waals surface area contributed by atoms with E-state index in [1.165, 1.54) is 25.3 Å². The lowest BCUT2D eigenvalue weighted by Gasteiger charge is -2.33. The summed E-state index contributed by atoms with van der Waals surface area (Å²) in [5.41, 5.74) is 7.07. The Labute approximate surface area is 114 Å². The maximum Gasteiger partial charge on any atom is 0.142 e. The predicted octanol–water partition coefficient (Wildman–Crippen LogP) is 4.70. The molecule has 0 amide bonds. The molecule has 0 aliphatic heterocycles. The van der Waals surface area contributed by atoms with Gasteiger partial charge in [0.15, 0.2) is 0 Å². The van der Waals surface area contributed by atoms with Crippen LogP contribution in [0.25, 0.3) is 0 Å². The molecule has 2 rings (SSSR count). The highest BCUT2D eigenvalue weighted by Gasteiger charge is 2.28. The molecule has 0 heterocycles. The molecule has 18 heavy (non-hydrogen) atoms. The highest BCUT2D eigenvalue weighted by Crippen LogP contribution is 2.39. The zero-order valence-corrected chi connectivity index (χ0v) is 11.6. The third-order valence-electron chi connectivity index (χ3n) is 4.25. The summed E-state index contributed by atoms with van der Waals surface area (Å²) < 4.78 is 13.5. The minimum atomic E-state index is -0.368. The molecule has 1 saturated carbocycles. The Morgan fingerprint density at radius 2 is 2.22 bits per heavy atom. The van der Waals surface area contributed by atoms with Crippen LogP contribution in [0.4, 0.5) is 4.39 Å². The predicted molar refractivity (Wildman–Crippen MR) is 74.1 cm³/mol. The third kappa shape index (κ3) is 2.86. The standard InChI is InChI=1S/C15H21ClFN/c1-2-10-5-3-6-11(9-10)15(18)12-7-4-8-13(17)14(12)16/h4,7-8,10-11,15H,2-3,5-6,9,18H2,1H3. The first kappa shape index (κ1) is 13.8. The number of hydrogen-bond donors (Lipinski definition) is 1. The average Bonchev–Trinajstić information content (AvgIpc) is 2.41. The minimum Gasteiger partial charge on any atom is -0.324 e. The second-order valence-electron chi connectivity index (χ2n) is 5.37. The molecule has 3 heteroatoms. The molecule has 1 fully saturated rings. The average molecular weight is 270 g/mol. The molecule has 100 valence electrons. The van der Waals surface area contributed by atoms with E-state index in [1.807, 2.05) is 6.07 Å². The maximum absolute atomic E-state index is 13.5. The van der Waals surface area contributed by atoms with E-state index in [-0.39, 0.29) is 16.9 Å². The van der Waals surface area contributed by atoms with Crippen LogP contribution < -0.4 is 5.73 Å². The number of nitrogens with two attached hydrogens (primary N) is 1. The van der Waals surface area contributed by atoms with E-state index < -0.39 is 0 Å². The summed E-state index contributed by atoms with van der Waals surface area (Å²) in [6.07, 6.45) is 6.01. The smallest absolute Gasteiger partial charge is 0.142 e. The van der Waals surface area contributed by atoms with Gasteiger partial charge in [0.25, 0.3) is 0 Å². The molecule has 2 N–H and O–H groups in total. The molecule has 3 unspecified atom stereocenters. The van der Waals surface area contributed by atoms with Gasteiger partial charge in [0, 0.05) is 6.04 Å². The van der Waals surface area contributed by atoms with Gasteiger partial charge in [0.05, 0.1) is 5.02 Å². The fourth-order valence-electron chi connectivity index (χ4n) is 3.06. The van der Waals surface area contributed by atoms with E-state index in [2.05, 4.69) is 6.92 Å². The van der Waals surface area contributed by atoms with Crippen molar-refractivity contribution in [3.8, 4) is 0 Å². The molecular weight excluding hydrogens is 249 g/mol. The molecule has 0 bridgehead atoms. The van der Waals surface area contributed by atoms with Crippen molar-refractivity contribution in [3.05, 3.63) is 34.6 Å². The van der Waals surface area contributed by atoms with Crippen molar-refractivity contribution in [2.45, 2.75) is 45.1 Å². The van der Waals surface area contributed by atoms with Crippen molar-refractivity contribution in [1.29, 1.82) is 0 Å². The molecule has 1 aliphatic carbocycles. The van der Waals surface area contributed by atoms with Crippen LogP contribution in [0.2, 0.25) is 5.02 Å². The second kappa shape index (κ2) is 6.03. The largest absolute Gasteiger partial charge is 0.324 e. The van der Waals surface area contributed by atoms with Crippen molar-refractivity contribution in [2.24, 2.45) is 17.6 Å². The van der Waals surface area contributed by atoms with E-state index in [0.29, 0.717) is 5.92 Å². The van der Waals surface area contributed by atoms with Gasteiger partial charge in [0.2, 0.25) is 0 Å². The molecule has 1 aliphatic rings. The van der Waals surface area contributed by atoms with Gasteiger partial charge in [-0.3, -0.25) is 0 Å². The van der Waals surface area contributed by atoms with Crippen molar-refractivity contribution in [3.63, 3.8) is 0 Å². The maximum atomic E-state index is 13.5. The minimum absolute atomic E-state index is 0.137. The first-order valence-corrected chi connectivity index (χ1v) is 7.20. The first-order valence-electron chi connectivity index (χ1n) is 6.83. The highest BCUT2D eigenvalue weighted by atomic mass is 35.5. The number of halogens is 2. The van der Waals surface area contributed by atoms with Gasteiger partial charge in [-0.2, -0.15) is 0 Å². The lowest BCUT2D eigenvalue weighted by Crippen LogP contribution is -2.27. The van der Waals surface area contributed by atoms with Gasteiger partial charge in [-0.25, -0.2) is 4.39 Å². The first-order chi connectivity index (χ1) is 8.63. The lowest BCUT2D eigenvalue weighted by atomic mass is 9.75. The Bertz CT molecular complexity index is 407. The van der Waals surface area contributed by atoms with Crippen LogP contribution in [0.5, 0.6) is 0 Å². The molecule has 3 atom stereocenters. The fraction of sp³-hybridized carbons (Fsp3) is 0.600. The van der Waals surface area contributed by atoms with Gasteiger partial charge in [-0.05, 0) is 36.3 Å². The van der Waals surface area contributed by atoms with E-state index in [0.717, 1.165) is 24.3 Å². The zero-order chi connectivity index (χ0) is 13.1. The van der Waals surface area contributed by atoms with Crippen molar-refractivity contribution in [1.82, 2.24) is 0 Å². The van der Waals surface area contributed by atoms with Gasteiger partial charge in [-0.1, -0.05) is 49.9 Å². The Morgan fingerprint density at radius 1 is 1.44 bits per heavy atom. The van der Waals surface area contributed by atoms with Crippen LogP contribution >= 0.6 is 11.6 Å². The van der Waals surface area contributed by atoms with Crippen LogP contribution in [-0.4, -0.2) is 0 Å². The monoisotopic (exact) mass is 269 g/mol. The zero-order valence-electron chi connectivity index (χ0n) is 10.8. The summed E-state index contributed by atoms with van der Waals surface area (Å²) in [6, 6.07) is 4.79. The number of benzene rings is 1. The van der Waals surface area contributed by atoms with Gasteiger partial charge >= 0.3 is 0 Å². The van der Waals surface area contributed by atoms with Crippen molar-refractivity contribution < 1.29 is 4.39 Å².